The molecule has 0 fully saturated rings. The second kappa shape index (κ2) is 8.88. The number of rotatable bonds is 9. The third kappa shape index (κ3) is 5.97. The first-order chi connectivity index (χ1) is 8.76. The molecule has 102 valence electrons. The van der Waals surface area contributed by atoms with E-state index in [1.165, 1.54) is 0 Å². The summed E-state index contributed by atoms with van der Waals surface area (Å²) in [5, 5.41) is 6.21. The van der Waals surface area contributed by atoms with Crippen LogP contribution < -0.4 is 10.6 Å². The van der Waals surface area contributed by atoms with E-state index in [4.69, 9.17) is 16.3 Å². The third-order valence-electron chi connectivity index (χ3n) is 2.11. The molecule has 0 saturated carbocycles. The Balaban J connectivity index is 2.32. The Labute approximate surface area is 113 Å². The Hall–Kier alpha value is -1.14. The fourth-order valence-corrected chi connectivity index (χ4v) is 1.41. The second-order valence-electron chi connectivity index (χ2n) is 3.67. The second-order valence-corrected chi connectivity index (χ2v) is 4.01. The minimum atomic E-state index is 0.176. The highest BCUT2D eigenvalue weighted by Crippen LogP contribution is 2.08. The van der Waals surface area contributed by atoms with E-state index in [1.54, 1.807) is 0 Å². The highest BCUT2D eigenvalue weighted by atomic mass is 35.5. The van der Waals surface area contributed by atoms with Crippen molar-refractivity contribution in [3.63, 3.8) is 0 Å². The molecule has 2 N–H and O–H groups in total. The summed E-state index contributed by atoms with van der Waals surface area (Å²) in [6.45, 7) is 6.90. The molecule has 6 nitrogen and oxygen atoms in total. The zero-order valence-electron chi connectivity index (χ0n) is 10.9. The third-order valence-corrected chi connectivity index (χ3v) is 2.28. The molecule has 0 bridgehead atoms. The van der Waals surface area contributed by atoms with Gasteiger partial charge in [-0.3, -0.25) is 0 Å². The molecule has 0 unspecified atom stereocenters. The lowest BCUT2D eigenvalue weighted by Crippen LogP contribution is -2.13. The van der Waals surface area contributed by atoms with Gasteiger partial charge in [0.2, 0.25) is 17.2 Å². The molecule has 1 heterocycles. The molecule has 18 heavy (non-hydrogen) atoms. The minimum Gasteiger partial charge on any atom is -0.380 e. The number of hydrogen-bond donors (Lipinski definition) is 2. The van der Waals surface area contributed by atoms with Crippen molar-refractivity contribution in [2.24, 2.45) is 0 Å². The fraction of sp³-hybridized carbons (Fsp3) is 0.727. The molecule has 0 aliphatic carbocycles. The molecule has 1 aromatic heterocycles. The van der Waals surface area contributed by atoms with Crippen LogP contribution in [0.25, 0.3) is 0 Å². The zero-order valence-corrected chi connectivity index (χ0v) is 11.6. The van der Waals surface area contributed by atoms with E-state index in [9.17, 15) is 0 Å². The first-order valence-corrected chi connectivity index (χ1v) is 6.61. The van der Waals surface area contributed by atoms with Gasteiger partial charge in [0.1, 0.15) is 0 Å². The van der Waals surface area contributed by atoms with Crippen molar-refractivity contribution in [1.29, 1.82) is 0 Å². The van der Waals surface area contributed by atoms with E-state index in [0.717, 1.165) is 26.0 Å². The highest BCUT2D eigenvalue weighted by molar-refractivity contribution is 6.28. The number of halogens is 1. The van der Waals surface area contributed by atoms with E-state index in [-0.39, 0.29) is 5.28 Å². The standard InChI is InChI=1S/C11H20ClN5O/c1-3-5-7-18-8-6-14-11-16-9(12)15-10(17-11)13-4-2/h3-8H2,1-2H3,(H2,13,14,15,16,17). The van der Waals surface area contributed by atoms with Gasteiger partial charge in [0, 0.05) is 19.7 Å². The molecule has 0 atom stereocenters. The average Bonchev–Trinajstić information content (AvgIpc) is 2.33. The maximum atomic E-state index is 5.79. The zero-order chi connectivity index (χ0) is 13.2. The van der Waals surface area contributed by atoms with Crippen LogP contribution in [0, 0.1) is 0 Å². The predicted molar refractivity (Wildman–Crippen MR) is 73.2 cm³/mol. The van der Waals surface area contributed by atoms with E-state index in [0.29, 0.717) is 25.0 Å². The molecule has 0 radical (unpaired) electrons. The maximum absolute atomic E-state index is 5.79. The number of anilines is 2. The van der Waals surface area contributed by atoms with Gasteiger partial charge in [0.15, 0.2) is 0 Å². The molecular weight excluding hydrogens is 254 g/mol. The van der Waals surface area contributed by atoms with Crippen LogP contribution >= 0.6 is 11.6 Å². The van der Waals surface area contributed by atoms with Crippen LogP contribution in [0.2, 0.25) is 5.28 Å². The number of aromatic nitrogens is 3. The first-order valence-electron chi connectivity index (χ1n) is 6.23. The number of hydrogen-bond acceptors (Lipinski definition) is 6. The van der Waals surface area contributed by atoms with Crippen molar-refractivity contribution in [3.05, 3.63) is 5.28 Å². The Morgan fingerprint density at radius 2 is 1.78 bits per heavy atom. The smallest absolute Gasteiger partial charge is 0.228 e. The summed E-state index contributed by atoms with van der Waals surface area (Å²) in [4.78, 5) is 12.1. The molecule has 0 saturated heterocycles. The number of ether oxygens (including phenoxy) is 1. The molecule has 0 aromatic carbocycles. The van der Waals surface area contributed by atoms with Crippen molar-refractivity contribution >= 4 is 23.5 Å². The van der Waals surface area contributed by atoms with Gasteiger partial charge >= 0.3 is 0 Å². The number of nitrogens with zero attached hydrogens (tertiary/aromatic N) is 3. The summed E-state index contributed by atoms with van der Waals surface area (Å²) in [5.41, 5.74) is 0. The molecule has 0 spiro atoms. The SMILES string of the molecule is CCCCOCCNc1nc(Cl)nc(NCC)n1. The van der Waals surface area contributed by atoms with Gasteiger partial charge in [0.05, 0.1) is 6.61 Å². The topological polar surface area (TPSA) is 72.0 Å². The summed E-state index contributed by atoms with van der Waals surface area (Å²) in [7, 11) is 0. The van der Waals surface area contributed by atoms with Crippen molar-refractivity contribution in [2.45, 2.75) is 26.7 Å². The quantitative estimate of drug-likeness (QED) is 0.672. The van der Waals surface area contributed by atoms with Gasteiger partial charge < -0.3 is 15.4 Å². The van der Waals surface area contributed by atoms with Crippen LogP contribution in [0.3, 0.4) is 0 Å². The number of nitrogens with one attached hydrogen (secondary N) is 2. The lowest BCUT2D eigenvalue weighted by Gasteiger charge is -2.07. The number of unbranched alkanes of at least 4 members (excludes halogenated alkanes) is 1. The largest absolute Gasteiger partial charge is 0.380 e. The first kappa shape index (κ1) is 14.9. The molecular formula is C11H20ClN5O. The van der Waals surface area contributed by atoms with Crippen molar-refractivity contribution in [1.82, 2.24) is 15.0 Å². The van der Waals surface area contributed by atoms with Gasteiger partial charge in [-0.05, 0) is 24.9 Å². The molecule has 1 aromatic rings. The lowest BCUT2D eigenvalue weighted by atomic mass is 10.4. The van der Waals surface area contributed by atoms with E-state index in [2.05, 4.69) is 32.5 Å². The Bertz CT molecular complexity index is 350. The van der Waals surface area contributed by atoms with Crippen molar-refractivity contribution < 1.29 is 4.74 Å². The van der Waals surface area contributed by atoms with Crippen LogP contribution in [0.5, 0.6) is 0 Å². The summed E-state index contributed by atoms with van der Waals surface area (Å²) in [6, 6.07) is 0. The van der Waals surface area contributed by atoms with Gasteiger partial charge in [-0.2, -0.15) is 15.0 Å². The average molecular weight is 274 g/mol. The lowest BCUT2D eigenvalue weighted by molar-refractivity contribution is 0.141. The predicted octanol–water partition coefficient (Wildman–Crippen LogP) is 2.19. The summed E-state index contributed by atoms with van der Waals surface area (Å²) < 4.78 is 5.42. The Morgan fingerprint density at radius 1 is 1.06 bits per heavy atom. The fourth-order valence-electron chi connectivity index (χ4n) is 1.25. The maximum Gasteiger partial charge on any atom is 0.228 e. The highest BCUT2D eigenvalue weighted by Gasteiger charge is 2.03. The molecule has 0 aliphatic rings. The van der Waals surface area contributed by atoms with Crippen LogP contribution in [-0.2, 0) is 4.74 Å². The van der Waals surface area contributed by atoms with Gasteiger partial charge in [-0.15, -0.1) is 0 Å². The Morgan fingerprint density at radius 3 is 2.44 bits per heavy atom. The van der Waals surface area contributed by atoms with Crippen LogP contribution in [-0.4, -0.2) is 41.3 Å². The van der Waals surface area contributed by atoms with E-state index in [1.807, 2.05) is 6.92 Å². The summed E-state index contributed by atoms with van der Waals surface area (Å²) in [5.74, 6) is 0.942. The van der Waals surface area contributed by atoms with E-state index >= 15 is 0 Å². The molecule has 7 heteroatoms. The van der Waals surface area contributed by atoms with Crippen molar-refractivity contribution in [2.75, 3.05) is 36.9 Å². The van der Waals surface area contributed by atoms with Gasteiger partial charge in [-0.1, -0.05) is 13.3 Å². The summed E-state index contributed by atoms with van der Waals surface area (Å²) >= 11 is 5.79. The molecule has 1 rings (SSSR count). The van der Waals surface area contributed by atoms with Gasteiger partial charge in [0.25, 0.3) is 0 Å². The Kier molecular flexibility index (Phi) is 7.36. The minimum absolute atomic E-state index is 0.176. The van der Waals surface area contributed by atoms with Crippen LogP contribution in [0.15, 0.2) is 0 Å². The normalized spacial score (nSPS) is 10.4. The van der Waals surface area contributed by atoms with E-state index < -0.39 is 0 Å². The molecule has 0 amide bonds. The van der Waals surface area contributed by atoms with Crippen LogP contribution in [0.1, 0.15) is 26.7 Å². The van der Waals surface area contributed by atoms with Gasteiger partial charge in [-0.25, -0.2) is 0 Å². The molecule has 0 aliphatic heterocycles. The summed E-state index contributed by atoms with van der Waals surface area (Å²) in [6.07, 6.45) is 2.23. The monoisotopic (exact) mass is 273 g/mol. The van der Waals surface area contributed by atoms with Crippen LogP contribution in [0.4, 0.5) is 11.9 Å². The van der Waals surface area contributed by atoms with Crippen molar-refractivity contribution in [3.8, 4) is 0 Å².